The number of alkyl halides is 3. The molecule has 0 unspecified atom stereocenters. The van der Waals surface area contributed by atoms with Gasteiger partial charge in [-0.1, -0.05) is 42.5 Å². The molecule has 0 aromatic heterocycles. The van der Waals surface area contributed by atoms with Gasteiger partial charge in [-0.3, -0.25) is 4.90 Å². The lowest BCUT2D eigenvalue weighted by molar-refractivity contribution is -0.274. The summed E-state index contributed by atoms with van der Waals surface area (Å²) in [5.74, 6) is -0.191. The van der Waals surface area contributed by atoms with E-state index >= 15 is 0 Å². The molecule has 26 heavy (non-hydrogen) atoms. The number of halogens is 3. The van der Waals surface area contributed by atoms with Gasteiger partial charge in [-0.2, -0.15) is 0 Å². The first kappa shape index (κ1) is 18.7. The van der Waals surface area contributed by atoms with Gasteiger partial charge in [0.2, 0.25) is 0 Å². The van der Waals surface area contributed by atoms with E-state index in [1.165, 1.54) is 17.7 Å². The predicted octanol–water partition coefficient (Wildman–Crippen LogP) is 4.42. The Labute approximate surface area is 151 Å². The molecule has 1 aliphatic rings. The first-order chi connectivity index (χ1) is 12.5. The highest BCUT2D eigenvalue weighted by molar-refractivity contribution is 5.27. The van der Waals surface area contributed by atoms with Crippen LogP contribution in [0.2, 0.25) is 0 Å². The Kier molecular flexibility index (Phi) is 6.16. The summed E-state index contributed by atoms with van der Waals surface area (Å²) in [5, 5.41) is 0. The number of benzene rings is 2. The highest BCUT2D eigenvalue weighted by Gasteiger charge is 2.31. The maximum Gasteiger partial charge on any atom is 0.573 e. The zero-order valence-corrected chi connectivity index (χ0v) is 14.4. The summed E-state index contributed by atoms with van der Waals surface area (Å²) >= 11 is 0. The minimum absolute atomic E-state index is 0.178. The van der Waals surface area contributed by atoms with E-state index in [1.54, 1.807) is 12.1 Å². The molecule has 0 aliphatic carbocycles. The molecule has 0 spiro atoms. The summed E-state index contributed by atoms with van der Waals surface area (Å²) < 4.78 is 46.4. The van der Waals surface area contributed by atoms with Crippen molar-refractivity contribution < 1.29 is 22.6 Å². The van der Waals surface area contributed by atoms with Gasteiger partial charge in [-0.25, -0.2) is 0 Å². The van der Waals surface area contributed by atoms with Gasteiger partial charge in [0, 0.05) is 19.6 Å². The van der Waals surface area contributed by atoms with Gasteiger partial charge in [-0.15, -0.1) is 13.2 Å². The Morgan fingerprint density at radius 3 is 2.42 bits per heavy atom. The number of aryl methyl sites for hydroxylation is 1. The molecular formula is C20H22F3NO2. The van der Waals surface area contributed by atoms with Crippen LogP contribution in [0.5, 0.6) is 5.75 Å². The van der Waals surface area contributed by atoms with E-state index in [0.717, 1.165) is 31.5 Å². The molecule has 2 aromatic rings. The van der Waals surface area contributed by atoms with Crippen LogP contribution in [0.25, 0.3) is 0 Å². The van der Waals surface area contributed by atoms with Gasteiger partial charge < -0.3 is 9.47 Å². The van der Waals surface area contributed by atoms with E-state index in [0.29, 0.717) is 13.2 Å². The van der Waals surface area contributed by atoms with Crippen molar-refractivity contribution in [2.75, 3.05) is 19.7 Å². The van der Waals surface area contributed by atoms with Gasteiger partial charge in [0.1, 0.15) is 5.75 Å². The van der Waals surface area contributed by atoms with Crippen molar-refractivity contribution in [3.05, 3.63) is 65.7 Å². The number of hydrogen-bond acceptors (Lipinski definition) is 3. The fourth-order valence-electron chi connectivity index (χ4n) is 3.13. The van der Waals surface area contributed by atoms with Gasteiger partial charge in [0.05, 0.1) is 12.7 Å². The van der Waals surface area contributed by atoms with Gasteiger partial charge in [0.25, 0.3) is 0 Å². The molecule has 0 saturated carbocycles. The smallest absolute Gasteiger partial charge is 0.406 e. The van der Waals surface area contributed by atoms with Crippen molar-refractivity contribution in [3.8, 4) is 5.75 Å². The van der Waals surface area contributed by atoms with Crippen molar-refractivity contribution in [2.24, 2.45) is 0 Å². The molecule has 6 heteroatoms. The van der Waals surface area contributed by atoms with Crippen molar-refractivity contribution in [1.29, 1.82) is 0 Å². The number of rotatable bonds is 6. The van der Waals surface area contributed by atoms with Crippen LogP contribution in [0.4, 0.5) is 13.2 Å². The molecule has 0 amide bonds. The third kappa shape index (κ3) is 6.04. The minimum atomic E-state index is -4.66. The maximum atomic E-state index is 12.2. The summed E-state index contributed by atoms with van der Waals surface area (Å²) in [6.45, 7) is 3.02. The van der Waals surface area contributed by atoms with Crippen LogP contribution in [0.15, 0.2) is 54.6 Å². The van der Waals surface area contributed by atoms with Crippen LogP contribution in [0.3, 0.4) is 0 Å². The number of nitrogens with zero attached hydrogens (tertiary/aromatic N) is 1. The van der Waals surface area contributed by atoms with Crippen LogP contribution in [0, 0.1) is 0 Å². The van der Waals surface area contributed by atoms with Gasteiger partial charge >= 0.3 is 6.36 Å². The number of ether oxygens (including phenoxy) is 2. The summed E-state index contributed by atoms with van der Waals surface area (Å²) in [4.78, 5) is 2.28. The van der Waals surface area contributed by atoms with Crippen LogP contribution in [0.1, 0.15) is 17.5 Å². The van der Waals surface area contributed by atoms with E-state index in [9.17, 15) is 13.2 Å². The highest BCUT2D eigenvalue weighted by Crippen LogP contribution is 2.23. The Bertz CT molecular complexity index is 674. The molecule has 3 nitrogen and oxygen atoms in total. The second kappa shape index (κ2) is 8.56. The SMILES string of the molecule is FC(F)(F)Oc1ccc(CN2CCO[C@H](CCc3ccccc3)C2)cc1. The van der Waals surface area contributed by atoms with Crippen molar-refractivity contribution in [1.82, 2.24) is 4.90 Å². The maximum absolute atomic E-state index is 12.2. The third-order valence-corrected chi connectivity index (χ3v) is 4.38. The molecule has 2 aromatic carbocycles. The Morgan fingerprint density at radius 1 is 1.00 bits per heavy atom. The monoisotopic (exact) mass is 365 g/mol. The molecule has 0 N–H and O–H groups in total. The minimum Gasteiger partial charge on any atom is -0.406 e. The molecule has 0 bridgehead atoms. The molecule has 1 atom stereocenters. The molecule has 0 radical (unpaired) electrons. The lowest BCUT2D eigenvalue weighted by Gasteiger charge is -2.33. The molecule has 1 fully saturated rings. The zero-order chi connectivity index (χ0) is 18.4. The number of morpholine rings is 1. The van der Waals surface area contributed by atoms with E-state index in [1.807, 2.05) is 18.2 Å². The second-order valence-corrected chi connectivity index (χ2v) is 6.44. The van der Waals surface area contributed by atoms with Gasteiger partial charge in [-0.05, 0) is 36.1 Å². The summed E-state index contributed by atoms with van der Waals surface area (Å²) in [6, 6.07) is 16.4. The quantitative estimate of drug-likeness (QED) is 0.756. The van der Waals surface area contributed by atoms with Crippen LogP contribution >= 0.6 is 0 Å². The highest BCUT2D eigenvalue weighted by atomic mass is 19.4. The summed E-state index contributed by atoms with van der Waals surface area (Å²) in [6.07, 6.45) is -2.55. The van der Waals surface area contributed by atoms with E-state index in [2.05, 4.69) is 21.8 Å². The number of hydrogen-bond donors (Lipinski definition) is 0. The van der Waals surface area contributed by atoms with Gasteiger partial charge in [0.15, 0.2) is 0 Å². The van der Waals surface area contributed by atoms with E-state index in [-0.39, 0.29) is 11.9 Å². The van der Waals surface area contributed by atoms with Crippen LogP contribution in [-0.2, 0) is 17.7 Å². The fourth-order valence-corrected chi connectivity index (χ4v) is 3.13. The first-order valence-electron chi connectivity index (χ1n) is 8.70. The lowest BCUT2D eigenvalue weighted by Crippen LogP contribution is -2.42. The van der Waals surface area contributed by atoms with Crippen LogP contribution in [-0.4, -0.2) is 37.1 Å². The molecule has 1 aliphatic heterocycles. The average Bonchev–Trinajstić information content (AvgIpc) is 2.62. The van der Waals surface area contributed by atoms with Crippen molar-refractivity contribution >= 4 is 0 Å². The Balaban J connectivity index is 1.48. The Morgan fingerprint density at radius 2 is 1.73 bits per heavy atom. The third-order valence-electron chi connectivity index (χ3n) is 4.38. The summed E-state index contributed by atoms with van der Waals surface area (Å²) in [7, 11) is 0. The van der Waals surface area contributed by atoms with Crippen molar-refractivity contribution in [3.63, 3.8) is 0 Å². The first-order valence-corrected chi connectivity index (χ1v) is 8.70. The van der Waals surface area contributed by atoms with Crippen molar-refractivity contribution in [2.45, 2.75) is 31.9 Å². The lowest BCUT2D eigenvalue weighted by atomic mass is 10.1. The van der Waals surface area contributed by atoms with E-state index in [4.69, 9.17) is 4.74 Å². The zero-order valence-electron chi connectivity index (χ0n) is 14.4. The predicted molar refractivity (Wildman–Crippen MR) is 92.9 cm³/mol. The molecule has 1 saturated heterocycles. The largest absolute Gasteiger partial charge is 0.573 e. The molecule has 3 rings (SSSR count). The van der Waals surface area contributed by atoms with E-state index < -0.39 is 6.36 Å². The fraction of sp³-hybridized carbons (Fsp3) is 0.400. The average molecular weight is 365 g/mol. The standard InChI is InChI=1S/C20H22F3NO2/c21-20(22,23)26-18-9-7-17(8-10-18)14-24-12-13-25-19(15-24)11-6-16-4-2-1-3-5-16/h1-5,7-10,19H,6,11-15H2/t19-/m1/s1. The molecular weight excluding hydrogens is 343 g/mol. The van der Waals surface area contributed by atoms with Crippen LogP contribution < -0.4 is 4.74 Å². The summed E-state index contributed by atoms with van der Waals surface area (Å²) in [5.41, 5.74) is 2.26. The Hall–Kier alpha value is -2.05. The topological polar surface area (TPSA) is 21.7 Å². The molecule has 1 heterocycles. The normalized spacial score (nSPS) is 18.7. The molecule has 140 valence electrons. The second-order valence-electron chi connectivity index (χ2n) is 6.44.